The minimum Gasteiger partial charge on any atom is -0.465 e. The lowest BCUT2D eigenvalue weighted by molar-refractivity contribution is 0.0972. The first-order valence-corrected chi connectivity index (χ1v) is 11.8. The average molecular weight is 501 g/mol. The fraction of sp³-hybridized carbons (Fsp3) is 0. The molecule has 6 rings (SSSR count). The van der Waals surface area contributed by atoms with Crippen LogP contribution in [0.1, 0.15) is 53.8 Å². The lowest BCUT2D eigenvalue weighted by Crippen LogP contribution is -2.22. The molecule has 0 saturated heterocycles. The van der Waals surface area contributed by atoms with E-state index in [1.165, 1.54) is 0 Å². The molecule has 184 valence electrons. The number of nitrogen functional groups attached to an aromatic ring is 1. The smallest absolute Gasteiger partial charge is 0.255 e. The molecule has 1 aliphatic carbocycles. The Kier molecular flexibility index (Phi) is 5.54. The van der Waals surface area contributed by atoms with E-state index in [2.05, 4.69) is 15.3 Å². The summed E-state index contributed by atoms with van der Waals surface area (Å²) in [5.41, 5.74) is 9.23. The number of rotatable bonds is 5. The third-order valence-electron chi connectivity index (χ3n) is 6.29. The van der Waals surface area contributed by atoms with Crippen LogP contribution >= 0.6 is 0 Å². The predicted molar refractivity (Wildman–Crippen MR) is 143 cm³/mol. The molecule has 2 heterocycles. The molecule has 0 saturated carbocycles. The highest BCUT2D eigenvalue weighted by Crippen LogP contribution is 2.32. The third-order valence-corrected chi connectivity index (χ3v) is 6.29. The van der Waals surface area contributed by atoms with Crippen LogP contribution in [-0.2, 0) is 0 Å². The molecule has 0 unspecified atom stereocenters. The summed E-state index contributed by atoms with van der Waals surface area (Å²) in [4.78, 5) is 47.4. The largest absolute Gasteiger partial charge is 0.465 e. The van der Waals surface area contributed by atoms with E-state index in [1.54, 1.807) is 97.3 Å². The number of amides is 1. The maximum Gasteiger partial charge on any atom is 0.255 e. The molecule has 8 heteroatoms. The zero-order valence-electron chi connectivity index (χ0n) is 19.9. The number of H-pyrrole nitrogens is 1. The van der Waals surface area contributed by atoms with Crippen LogP contribution in [0.15, 0.2) is 95.6 Å². The Morgan fingerprint density at radius 2 is 1.66 bits per heavy atom. The van der Waals surface area contributed by atoms with E-state index in [1.807, 2.05) is 0 Å². The average Bonchev–Trinajstić information content (AvgIpc) is 3.61. The number of nitrogens with one attached hydrogen (secondary N) is 2. The maximum absolute atomic E-state index is 13.4. The lowest BCUT2D eigenvalue weighted by atomic mass is 9.83. The standard InChI is InChI=1S/C30H20N4O4/c31-18-12-10-17(11-13-18)30(37)33-24(9-3-5-19-6-4-16-38-19)29-32-23-15-14-22-25(26(23)34-29)28(36)21-8-2-1-7-20(21)27(22)35/h1-16H,31H2,(H,32,34)(H,33,37)/b5-3-,24-9-. The Balaban J connectivity index is 1.43. The minimum atomic E-state index is -0.370. The number of ketones is 2. The highest BCUT2D eigenvalue weighted by atomic mass is 16.3. The molecule has 0 radical (unpaired) electrons. The normalized spacial score (nSPS) is 13.1. The Bertz CT molecular complexity index is 1790. The summed E-state index contributed by atoms with van der Waals surface area (Å²) in [5, 5.41) is 2.88. The number of hydrogen-bond donors (Lipinski definition) is 3. The van der Waals surface area contributed by atoms with Gasteiger partial charge in [-0.1, -0.05) is 30.3 Å². The van der Waals surface area contributed by atoms with Gasteiger partial charge in [0, 0.05) is 27.9 Å². The number of aromatic amines is 1. The number of aromatic nitrogens is 2. The monoisotopic (exact) mass is 500 g/mol. The van der Waals surface area contributed by atoms with E-state index in [4.69, 9.17) is 10.2 Å². The minimum absolute atomic E-state index is 0.226. The zero-order chi connectivity index (χ0) is 26.2. The number of furan rings is 1. The highest BCUT2D eigenvalue weighted by molar-refractivity contribution is 6.31. The van der Waals surface area contributed by atoms with Gasteiger partial charge >= 0.3 is 0 Å². The van der Waals surface area contributed by atoms with Crippen LogP contribution in [0.4, 0.5) is 5.69 Å². The number of allylic oxidation sites excluding steroid dienone is 2. The second-order valence-corrected chi connectivity index (χ2v) is 8.70. The number of imidazole rings is 1. The van der Waals surface area contributed by atoms with Gasteiger partial charge in [0.25, 0.3) is 5.91 Å². The first kappa shape index (κ1) is 22.9. The van der Waals surface area contributed by atoms with Crippen LogP contribution in [-0.4, -0.2) is 27.4 Å². The summed E-state index contributed by atoms with van der Waals surface area (Å²) >= 11 is 0. The summed E-state index contributed by atoms with van der Waals surface area (Å²) in [5.74, 6) is 0.0843. The molecule has 1 aliphatic rings. The van der Waals surface area contributed by atoms with E-state index in [0.29, 0.717) is 56.3 Å². The van der Waals surface area contributed by atoms with Crippen LogP contribution in [0.2, 0.25) is 0 Å². The van der Waals surface area contributed by atoms with Crippen LogP contribution in [0.25, 0.3) is 22.8 Å². The van der Waals surface area contributed by atoms with Gasteiger partial charge in [0.2, 0.25) is 0 Å². The third kappa shape index (κ3) is 4.00. The lowest BCUT2D eigenvalue weighted by Gasteiger charge is -2.17. The molecule has 0 aliphatic heterocycles. The van der Waals surface area contributed by atoms with Gasteiger partial charge in [-0.15, -0.1) is 0 Å². The Morgan fingerprint density at radius 1 is 0.895 bits per heavy atom. The summed E-state index contributed by atoms with van der Waals surface area (Å²) in [7, 11) is 0. The molecule has 38 heavy (non-hydrogen) atoms. The number of fused-ring (bicyclic) bond motifs is 4. The number of benzene rings is 3. The van der Waals surface area contributed by atoms with Gasteiger partial charge in [0.05, 0.1) is 23.0 Å². The maximum atomic E-state index is 13.4. The van der Waals surface area contributed by atoms with Crippen molar-refractivity contribution in [1.82, 2.24) is 15.3 Å². The number of hydrogen-bond acceptors (Lipinski definition) is 6. The van der Waals surface area contributed by atoms with Gasteiger partial charge in [0.1, 0.15) is 11.3 Å². The van der Waals surface area contributed by atoms with E-state index < -0.39 is 0 Å². The van der Waals surface area contributed by atoms with E-state index in [-0.39, 0.29) is 23.0 Å². The number of nitrogens with zero attached hydrogens (tertiary/aromatic N) is 1. The van der Waals surface area contributed by atoms with E-state index >= 15 is 0 Å². The molecule has 0 fully saturated rings. The van der Waals surface area contributed by atoms with Gasteiger partial charge < -0.3 is 20.5 Å². The Labute approximate surface area is 216 Å². The first-order chi connectivity index (χ1) is 18.5. The van der Waals surface area contributed by atoms with Crippen LogP contribution in [0, 0.1) is 0 Å². The van der Waals surface area contributed by atoms with E-state index in [9.17, 15) is 14.4 Å². The first-order valence-electron chi connectivity index (χ1n) is 11.8. The van der Waals surface area contributed by atoms with Gasteiger partial charge in [-0.3, -0.25) is 14.4 Å². The summed E-state index contributed by atoms with van der Waals surface area (Å²) in [6.07, 6.45) is 6.68. The molecule has 3 aromatic carbocycles. The molecule has 8 nitrogen and oxygen atoms in total. The van der Waals surface area contributed by atoms with Gasteiger partial charge in [-0.2, -0.15) is 0 Å². The predicted octanol–water partition coefficient (Wildman–Crippen LogP) is 5.00. The summed E-state index contributed by atoms with van der Waals surface area (Å²) in [6.45, 7) is 0. The molecular formula is C30H20N4O4. The van der Waals surface area contributed by atoms with Crippen LogP contribution < -0.4 is 11.1 Å². The van der Waals surface area contributed by atoms with Crippen molar-refractivity contribution < 1.29 is 18.8 Å². The molecule has 2 aromatic heterocycles. The summed E-state index contributed by atoms with van der Waals surface area (Å²) < 4.78 is 5.34. The van der Waals surface area contributed by atoms with Crippen LogP contribution in [0.5, 0.6) is 0 Å². The summed E-state index contributed by atoms with van der Waals surface area (Å²) in [6, 6.07) is 20.2. The Hall–Kier alpha value is -5.50. The fourth-order valence-electron chi connectivity index (χ4n) is 4.42. The van der Waals surface area contributed by atoms with Crippen molar-refractivity contribution in [3.05, 3.63) is 131 Å². The van der Waals surface area contributed by atoms with Crippen molar-refractivity contribution in [2.75, 3.05) is 5.73 Å². The molecule has 1 amide bonds. The second kappa shape index (κ2) is 9.18. The molecule has 0 bridgehead atoms. The topological polar surface area (TPSA) is 131 Å². The van der Waals surface area contributed by atoms with Crippen molar-refractivity contribution in [2.45, 2.75) is 0 Å². The van der Waals surface area contributed by atoms with Crippen molar-refractivity contribution in [3.8, 4) is 0 Å². The SMILES string of the molecule is Nc1ccc(C(=O)N/C(=C\C=C/c2ccco2)c2nc3c4c(ccc3[nH]2)C(=O)c2ccccc2C4=O)cc1. The van der Waals surface area contributed by atoms with Crippen molar-refractivity contribution >= 4 is 46.0 Å². The second-order valence-electron chi connectivity index (χ2n) is 8.70. The number of carbonyl (C=O) groups excluding carboxylic acids is 3. The van der Waals surface area contributed by atoms with E-state index in [0.717, 1.165) is 0 Å². The zero-order valence-corrected chi connectivity index (χ0v) is 19.9. The molecule has 0 spiro atoms. The van der Waals surface area contributed by atoms with Gasteiger partial charge in [0.15, 0.2) is 17.4 Å². The quantitative estimate of drug-likeness (QED) is 0.226. The van der Waals surface area contributed by atoms with Crippen molar-refractivity contribution in [1.29, 1.82) is 0 Å². The Morgan fingerprint density at radius 3 is 2.39 bits per heavy atom. The van der Waals surface area contributed by atoms with Gasteiger partial charge in [-0.05, 0) is 60.7 Å². The highest BCUT2D eigenvalue weighted by Gasteiger charge is 2.32. The van der Waals surface area contributed by atoms with Crippen LogP contribution in [0.3, 0.4) is 0 Å². The van der Waals surface area contributed by atoms with Crippen molar-refractivity contribution in [2.24, 2.45) is 0 Å². The number of carbonyl (C=O) groups is 3. The number of anilines is 1. The molecule has 5 aromatic rings. The fourth-order valence-corrected chi connectivity index (χ4v) is 4.42. The van der Waals surface area contributed by atoms with Gasteiger partial charge in [-0.25, -0.2) is 4.98 Å². The molecular weight excluding hydrogens is 480 g/mol. The molecule has 4 N–H and O–H groups in total. The number of nitrogens with two attached hydrogens (primary N) is 1. The molecule has 0 atom stereocenters. The van der Waals surface area contributed by atoms with Crippen molar-refractivity contribution in [3.63, 3.8) is 0 Å².